The Morgan fingerprint density at radius 1 is 1.12 bits per heavy atom. The van der Waals surface area contributed by atoms with E-state index >= 15 is 0 Å². The molecule has 34 heavy (non-hydrogen) atoms. The van der Waals surface area contributed by atoms with Crippen LogP contribution in [0.1, 0.15) is 61.6 Å². The van der Waals surface area contributed by atoms with Crippen molar-refractivity contribution >= 4 is 23.6 Å². The summed E-state index contributed by atoms with van der Waals surface area (Å²) >= 11 is 0. The second-order valence-electron chi connectivity index (χ2n) is 8.92. The summed E-state index contributed by atoms with van der Waals surface area (Å²) < 4.78 is 5.55. The first-order chi connectivity index (χ1) is 16.2. The Morgan fingerprint density at radius 3 is 2.53 bits per heavy atom. The van der Waals surface area contributed by atoms with Gasteiger partial charge in [0.15, 0.2) is 0 Å². The zero-order valence-electron chi connectivity index (χ0n) is 20.5. The number of ether oxygens (including phenoxy) is 1. The number of rotatable bonds is 8. The number of esters is 1. The molecule has 180 valence electrons. The number of aryl methyl sites for hydroxylation is 1. The minimum atomic E-state index is -0.685. The first kappa shape index (κ1) is 25.0. The van der Waals surface area contributed by atoms with Crippen LogP contribution in [0.15, 0.2) is 59.8 Å². The maximum atomic E-state index is 13.1. The van der Waals surface area contributed by atoms with Crippen LogP contribution in [0.3, 0.4) is 0 Å². The van der Waals surface area contributed by atoms with Crippen LogP contribution >= 0.6 is 0 Å². The van der Waals surface area contributed by atoms with Gasteiger partial charge in [0.25, 0.3) is 5.91 Å². The van der Waals surface area contributed by atoms with E-state index in [0.717, 1.165) is 12.0 Å². The minimum Gasteiger partial charge on any atom is -0.462 e. The second-order valence-corrected chi connectivity index (χ2v) is 8.92. The quantitative estimate of drug-likeness (QED) is 0.527. The molecule has 7 heteroatoms. The van der Waals surface area contributed by atoms with Gasteiger partial charge in [-0.2, -0.15) is 0 Å². The highest BCUT2D eigenvalue weighted by molar-refractivity contribution is 6.05. The van der Waals surface area contributed by atoms with Gasteiger partial charge in [-0.1, -0.05) is 51.1 Å². The smallest absolute Gasteiger partial charge is 0.338 e. The van der Waals surface area contributed by atoms with Gasteiger partial charge in [0, 0.05) is 23.5 Å². The van der Waals surface area contributed by atoms with Gasteiger partial charge < -0.3 is 15.4 Å². The fraction of sp³-hybridized carbons (Fsp3) is 0.370. The molecule has 3 amide bonds. The number of benzene rings is 2. The number of carbonyl (C=O) groups is 3. The van der Waals surface area contributed by atoms with E-state index in [9.17, 15) is 14.4 Å². The van der Waals surface area contributed by atoms with E-state index in [2.05, 4.69) is 10.6 Å². The number of hydrogen-bond acceptors (Lipinski definition) is 4. The van der Waals surface area contributed by atoms with Gasteiger partial charge in [-0.3, -0.25) is 9.69 Å². The molecule has 0 spiro atoms. The fourth-order valence-corrected chi connectivity index (χ4v) is 3.93. The third kappa shape index (κ3) is 5.65. The molecule has 1 heterocycles. The SMILES string of the molecule is CCCN1C(=O)NC(c2cccc(NC(=O)c3ccccc3C)c2)C(C(=O)OCC(C)C)=C1C. The number of anilines is 1. The average molecular weight is 464 g/mol. The van der Waals surface area contributed by atoms with Crippen LogP contribution in [0, 0.1) is 12.8 Å². The number of nitrogens with zero attached hydrogens (tertiary/aromatic N) is 1. The lowest BCUT2D eigenvalue weighted by Gasteiger charge is -2.35. The summed E-state index contributed by atoms with van der Waals surface area (Å²) in [5.74, 6) is -0.486. The molecule has 1 unspecified atom stereocenters. The third-order valence-electron chi connectivity index (χ3n) is 5.68. The van der Waals surface area contributed by atoms with Gasteiger partial charge in [0.1, 0.15) is 0 Å². The van der Waals surface area contributed by atoms with Gasteiger partial charge in [-0.15, -0.1) is 0 Å². The molecule has 0 aliphatic carbocycles. The summed E-state index contributed by atoms with van der Waals surface area (Å²) in [6, 6.07) is 13.6. The molecule has 0 aromatic heterocycles. The van der Waals surface area contributed by atoms with E-state index in [-0.39, 0.29) is 24.5 Å². The molecule has 2 aromatic carbocycles. The highest BCUT2D eigenvalue weighted by Crippen LogP contribution is 2.32. The first-order valence-electron chi connectivity index (χ1n) is 11.7. The molecule has 1 aliphatic heterocycles. The lowest BCUT2D eigenvalue weighted by Crippen LogP contribution is -2.48. The van der Waals surface area contributed by atoms with Gasteiger partial charge in [0.2, 0.25) is 0 Å². The van der Waals surface area contributed by atoms with E-state index in [0.29, 0.717) is 34.6 Å². The zero-order valence-corrected chi connectivity index (χ0v) is 20.5. The van der Waals surface area contributed by atoms with Crippen molar-refractivity contribution in [3.8, 4) is 0 Å². The number of nitrogens with one attached hydrogen (secondary N) is 2. The highest BCUT2D eigenvalue weighted by Gasteiger charge is 2.36. The Labute approximate surface area is 201 Å². The normalized spacial score (nSPS) is 15.9. The van der Waals surface area contributed by atoms with Crippen molar-refractivity contribution in [3.05, 3.63) is 76.5 Å². The molecule has 0 fully saturated rings. The van der Waals surface area contributed by atoms with Gasteiger partial charge in [0.05, 0.1) is 18.2 Å². The predicted octanol–water partition coefficient (Wildman–Crippen LogP) is 5.20. The largest absolute Gasteiger partial charge is 0.462 e. The maximum absolute atomic E-state index is 13.1. The van der Waals surface area contributed by atoms with Crippen LogP contribution in [-0.4, -0.2) is 36.0 Å². The molecule has 2 N–H and O–H groups in total. The van der Waals surface area contributed by atoms with Crippen LogP contribution in [0.4, 0.5) is 10.5 Å². The number of urea groups is 1. The van der Waals surface area contributed by atoms with Crippen LogP contribution < -0.4 is 10.6 Å². The van der Waals surface area contributed by atoms with Crippen molar-refractivity contribution < 1.29 is 19.1 Å². The van der Waals surface area contributed by atoms with Crippen LogP contribution in [0.2, 0.25) is 0 Å². The van der Waals surface area contributed by atoms with Crippen molar-refractivity contribution in [2.24, 2.45) is 5.92 Å². The van der Waals surface area contributed by atoms with E-state index in [4.69, 9.17) is 4.74 Å². The van der Waals surface area contributed by atoms with Crippen LogP contribution in [-0.2, 0) is 9.53 Å². The van der Waals surface area contributed by atoms with Crippen molar-refractivity contribution in [2.75, 3.05) is 18.5 Å². The van der Waals surface area contributed by atoms with Crippen molar-refractivity contribution in [3.63, 3.8) is 0 Å². The molecule has 0 saturated carbocycles. The molecule has 7 nitrogen and oxygen atoms in total. The van der Waals surface area contributed by atoms with Crippen molar-refractivity contribution in [1.82, 2.24) is 10.2 Å². The number of hydrogen-bond donors (Lipinski definition) is 2. The number of allylic oxidation sites excluding steroid dienone is 1. The van der Waals surface area contributed by atoms with Crippen LogP contribution in [0.5, 0.6) is 0 Å². The maximum Gasteiger partial charge on any atom is 0.338 e. The van der Waals surface area contributed by atoms with E-state index in [1.807, 2.05) is 52.0 Å². The first-order valence-corrected chi connectivity index (χ1v) is 11.7. The molecular formula is C27H33N3O4. The fourth-order valence-electron chi connectivity index (χ4n) is 3.93. The lowest BCUT2D eigenvalue weighted by atomic mass is 9.94. The second kappa shape index (κ2) is 11.0. The lowest BCUT2D eigenvalue weighted by molar-refractivity contribution is -0.140. The molecule has 0 saturated heterocycles. The summed E-state index contributed by atoms with van der Waals surface area (Å²) in [7, 11) is 0. The molecule has 1 atom stereocenters. The topological polar surface area (TPSA) is 87.7 Å². The van der Waals surface area contributed by atoms with Crippen LogP contribution in [0.25, 0.3) is 0 Å². The molecule has 0 radical (unpaired) electrons. The summed E-state index contributed by atoms with van der Waals surface area (Å²) in [6.45, 7) is 10.4. The average Bonchev–Trinajstić information content (AvgIpc) is 2.80. The minimum absolute atomic E-state index is 0.188. The molecular weight excluding hydrogens is 430 g/mol. The summed E-state index contributed by atoms with van der Waals surface area (Å²) in [6.07, 6.45) is 0.754. The summed E-state index contributed by atoms with van der Waals surface area (Å²) in [4.78, 5) is 40.3. The molecule has 0 bridgehead atoms. The van der Waals surface area contributed by atoms with E-state index in [1.54, 1.807) is 36.1 Å². The van der Waals surface area contributed by atoms with Crippen molar-refractivity contribution in [2.45, 2.75) is 47.1 Å². The Morgan fingerprint density at radius 2 is 1.85 bits per heavy atom. The molecule has 1 aliphatic rings. The van der Waals surface area contributed by atoms with Gasteiger partial charge >= 0.3 is 12.0 Å². The Kier molecular flexibility index (Phi) is 8.10. The zero-order chi connectivity index (χ0) is 24.8. The summed E-state index contributed by atoms with van der Waals surface area (Å²) in [5, 5.41) is 5.87. The molecule has 3 rings (SSSR count). The van der Waals surface area contributed by atoms with E-state index < -0.39 is 12.0 Å². The van der Waals surface area contributed by atoms with Gasteiger partial charge in [-0.25, -0.2) is 9.59 Å². The van der Waals surface area contributed by atoms with E-state index in [1.165, 1.54) is 0 Å². The number of amides is 3. The Balaban J connectivity index is 1.94. The Bertz CT molecular complexity index is 1110. The molecule has 2 aromatic rings. The monoisotopic (exact) mass is 463 g/mol. The third-order valence-corrected chi connectivity index (χ3v) is 5.68. The highest BCUT2D eigenvalue weighted by atomic mass is 16.5. The van der Waals surface area contributed by atoms with Gasteiger partial charge in [-0.05, 0) is 55.5 Å². The summed E-state index contributed by atoms with van der Waals surface area (Å²) in [5.41, 5.74) is 3.70. The standard InChI is InChI=1S/C27H33N3O4/c1-6-14-30-19(5)23(26(32)34-16-17(2)3)24(29-27(30)33)20-11-9-12-21(15-20)28-25(31)22-13-8-7-10-18(22)4/h7-13,15,17,24H,6,14,16H2,1-5H3,(H,28,31)(H,29,33). The van der Waals surface area contributed by atoms with Crippen molar-refractivity contribution in [1.29, 1.82) is 0 Å². The Hall–Kier alpha value is -3.61. The predicted molar refractivity (Wildman–Crippen MR) is 132 cm³/mol. The number of carbonyl (C=O) groups excluding carboxylic acids is 3.